The normalized spacial score (nSPS) is 28.2. The van der Waals surface area contributed by atoms with Crippen LogP contribution in [-0.4, -0.2) is 24.2 Å². The Labute approximate surface area is 47.7 Å². The standard InChI is InChI=1S/C5H8NO2/c7-5(8)4-1-2-6-3-4/h4H,1-3H2,(H,7,8). The van der Waals surface area contributed by atoms with Crippen molar-refractivity contribution < 1.29 is 9.90 Å². The summed E-state index contributed by atoms with van der Waals surface area (Å²) in [6.07, 6.45) is 0.731. The SMILES string of the molecule is O=C(O)C1CC[N]C1. The zero-order chi connectivity index (χ0) is 5.98. The van der Waals surface area contributed by atoms with Gasteiger partial charge in [-0.1, -0.05) is 0 Å². The molecule has 0 saturated carbocycles. The molecule has 45 valence electrons. The first-order valence-electron chi connectivity index (χ1n) is 2.67. The van der Waals surface area contributed by atoms with Crippen LogP contribution in [0.4, 0.5) is 0 Å². The quantitative estimate of drug-likeness (QED) is 0.508. The van der Waals surface area contributed by atoms with Crippen molar-refractivity contribution in [3.8, 4) is 0 Å². The van der Waals surface area contributed by atoms with Crippen molar-refractivity contribution in [1.82, 2.24) is 5.32 Å². The van der Waals surface area contributed by atoms with Gasteiger partial charge in [0.1, 0.15) is 0 Å². The molecule has 1 saturated heterocycles. The van der Waals surface area contributed by atoms with E-state index in [-0.39, 0.29) is 5.92 Å². The molecular formula is C5H8NO2. The Morgan fingerprint density at radius 1 is 1.75 bits per heavy atom. The van der Waals surface area contributed by atoms with Crippen LogP contribution < -0.4 is 5.32 Å². The molecule has 0 bridgehead atoms. The zero-order valence-electron chi connectivity index (χ0n) is 4.50. The van der Waals surface area contributed by atoms with Crippen molar-refractivity contribution >= 4 is 5.97 Å². The maximum Gasteiger partial charge on any atom is 0.307 e. The lowest BCUT2D eigenvalue weighted by Crippen LogP contribution is -2.13. The molecule has 1 N–H and O–H groups in total. The fourth-order valence-electron chi connectivity index (χ4n) is 0.787. The maximum atomic E-state index is 10.1. The van der Waals surface area contributed by atoms with Gasteiger partial charge in [0.15, 0.2) is 0 Å². The summed E-state index contributed by atoms with van der Waals surface area (Å²) in [4.78, 5) is 10.1. The Morgan fingerprint density at radius 2 is 2.50 bits per heavy atom. The predicted octanol–water partition coefficient (Wildman–Crippen LogP) is -0.305. The minimum Gasteiger partial charge on any atom is -0.481 e. The fraction of sp³-hybridized carbons (Fsp3) is 0.800. The van der Waals surface area contributed by atoms with Gasteiger partial charge in [0.05, 0.1) is 5.92 Å². The van der Waals surface area contributed by atoms with E-state index in [2.05, 4.69) is 5.32 Å². The first-order chi connectivity index (χ1) is 3.80. The molecule has 1 aliphatic heterocycles. The summed E-state index contributed by atoms with van der Waals surface area (Å²) in [7, 11) is 0. The van der Waals surface area contributed by atoms with Crippen LogP contribution >= 0.6 is 0 Å². The molecule has 1 rings (SSSR count). The van der Waals surface area contributed by atoms with Gasteiger partial charge in [-0.25, -0.2) is 5.32 Å². The molecule has 0 aromatic rings. The molecule has 1 fully saturated rings. The molecule has 1 unspecified atom stereocenters. The number of carbonyl (C=O) groups is 1. The molecule has 1 aliphatic rings. The minimum absolute atomic E-state index is 0.185. The summed E-state index contributed by atoms with van der Waals surface area (Å²) in [5.74, 6) is -0.888. The third-order valence-corrected chi connectivity index (χ3v) is 1.33. The second-order valence-electron chi connectivity index (χ2n) is 1.95. The number of aliphatic carboxylic acids is 1. The number of nitrogens with zero attached hydrogens (tertiary/aromatic N) is 1. The Morgan fingerprint density at radius 3 is 2.75 bits per heavy atom. The zero-order valence-corrected chi connectivity index (χ0v) is 4.50. The monoisotopic (exact) mass is 114 g/mol. The predicted molar refractivity (Wildman–Crippen MR) is 27.6 cm³/mol. The van der Waals surface area contributed by atoms with E-state index in [1.165, 1.54) is 0 Å². The smallest absolute Gasteiger partial charge is 0.307 e. The van der Waals surface area contributed by atoms with Crippen molar-refractivity contribution in [2.24, 2.45) is 5.92 Å². The highest BCUT2D eigenvalue weighted by molar-refractivity contribution is 5.70. The van der Waals surface area contributed by atoms with Gasteiger partial charge in [-0.15, -0.1) is 0 Å². The summed E-state index contributed by atoms with van der Waals surface area (Å²) >= 11 is 0. The fourth-order valence-corrected chi connectivity index (χ4v) is 0.787. The summed E-state index contributed by atoms with van der Waals surface area (Å²) < 4.78 is 0. The van der Waals surface area contributed by atoms with Gasteiger partial charge < -0.3 is 5.11 Å². The van der Waals surface area contributed by atoms with Crippen LogP contribution in [0.2, 0.25) is 0 Å². The van der Waals surface area contributed by atoms with E-state index in [9.17, 15) is 4.79 Å². The average Bonchev–Trinajstić information content (AvgIpc) is 2.12. The highest BCUT2D eigenvalue weighted by Crippen LogP contribution is 2.07. The molecular weight excluding hydrogens is 106 g/mol. The molecule has 0 spiro atoms. The largest absolute Gasteiger partial charge is 0.481 e. The molecule has 1 heterocycles. The number of rotatable bonds is 1. The molecule has 3 heteroatoms. The molecule has 0 aliphatic carbocycles. The molecule has 0 aromatic heterocycles. The van der Waals surface area contributed by atoms with Gasteiger partial charge in [-0.2, -0.15) is 0 Å². The maximum absolute atomic E-state index is 10.1. The summed E-state index contributed by atoms with van der Waals surface area (Å²) in [5, 5.41) is 12.3. The Bertz CT molecular complexity index is 96.6. The van der Waals surface area contributed by atoms with Crippen LogP contribution in [0, 0.1) is 5.92 Å². The van der Waals surface area contributed by atoms with E-state index in [1.54, 1.807) is 0 Å². The molecule has 8 heavy (non-hydrogen) atoms. The van der Waals surface area contributed by atoms with E-state index in [1.807, 2.05) is 0 Å². The third-order valence-electron chi connectivity index (χ3n) is 1.33. The Kier molecular flexibility index (Phi) is 1.48. The highest BCUT2D eigenvalue weighted by atomic mass is 16.4. The topological polar surface area (TPSA) is 51.4 Å². The van der Waals surface area contributed by atoms with Crippen LogP contribution in [0.3, 0.4) is 0 Å². The van der Waals surface area contributed by atoms with Crippen LogP contribution in [0.15, 0.2) is 0 Å². The van der Waals surface area contributed by atoms with Crippen molar-refractivity contribution in [2.75, 3.05) is 13.1 Å². The lowest BCUT2D eigenvalue weighted by atomic mass is 10.1. The molecule has 1 atom stereocenters. The first kappa shape index (κ1) is 5.56. The van der Waals surface area contributed by atoms with E-state index < -0.39 is 5.97 Å². The van der Waals surface area contributed by atoms with Gasteiger partial charge in [0.2, 0.25) is 0 Å². The van der Waals surface area contributed by atoms with E-state index in [0.717, 1.165) is 13.0 Å². The number of hydrogen-bond donors (Lipinski definition) is 1. The lowest BCUT2D eigenvalue weighted by molar-refractivity contribution is -0.140. The summed E-state index contributed by atoms with van der Waals surface area (Å²) in [6, 6.07) is 0. The van der Waals surface area contributed by atoms with Crippen molar-refractivity contribution in [3.63, 3.8) is 0 Å². The van der Waals surface area contributed by atoms with Crippen LogP contribution in [0.25, 0.3) is 0 Å². The van der Waals surface area contributed by atoms with E-state index >= 15 is 0 Å². The van der Waals surface area contributed by atoms with Gasteiger partial charge in [0, 0.05) is 13.1 Å². The number of carboxylic acid groups (broad SMARTS) is 1. The molecule has 3 nitrogen and oxygen atoms in total. The van der Waals surface area contributed by atoms with Crippen LogP contribution in [-0.2, 0) is 4.79 Å². The van der Waals surface area contributed by atoms with Gasteiger partial charge in [-0.05, 0) is 6.42 Å². The van der Waals surface area contributed by atoms with Gasteiger partial charge >= 0.3 is 5.97 Å². The van der Waals surface area contributed by atoms with Crippen LogP contribution in [0.1, 0.15) is 6.42 Å². The lowest BCUT2D eigenvalue weighted by Gasteiger charge is -1.95. The summed E-state index contributed by atoms with van der Waals surface area (Å²) in [6.45, 7) is 1.26. The molecule has 0 amide bonds. The first-order valence-corrected chi connectivity index (χ1v) is 2.67. The Balaban J connectivity index is 2.35. The second kappa shape index (κ2) is 2.13. The average molecular weight is 114 g/mol. The van der Waals surface area contributed by atoms with Gasteiger partial charge in [0.25, 0.3) is 0 Å². The Hall–Kier alpha value is -0.570. The van der Waals surface area contributed by atoms with Crippen molar-refractivity contribution in [1.29, 1.82) is 0 Å². The molecule has 0 aromatic carbocycles. The van der Waals surface area contributed by atoms with E-state index in [0.29, 0.717) is 6.54 Å². The number of carboxylic acids is 1. The third kappa shape index (κ3) is 0.980. The molecule has 1 radical (unpaired) electrons. The summed E-state index contributed by atoms with van der Waals surface area (Å²) in [5.41, 5.74) is 0. The van der Waals surface area contributed by atoms with Crippen molar-refractivity contribution in [3.05, 3.63) is 0 Å². The van der Waals surface area contributed by atoms with Gasteiger partial charge in [-0.3, -0.25) is 4.79 Å². The van der Waals surface area contributed by atoms with E-state index in [4.69, 9.17) is 5.11 Å². The second-order valence-corrected chi connectivity index (χ2v) is 1.95. The van der Waals surface area contributed by atoms with Crippen molar-refractivity contribution in [2.45, 2.75) is 6.42 Å². The number of hydrogen-bond acceptors (Lipinski definition) is 1. The highest BCUT2D eigenvalue weighted by Gasteiger charge is 2.21. The minimum atomic E-state index is -0.703. The van der Waals surface area contributed by atoms with Crippen LogP contribution in [0.5, 0.6) is 0 Å².